The molecule has 0 aliphatic heterocycles. The Kier molecular flexibility index (Phi) is 7.75. The molecule has 1 saturated carbocycles. The fourth-order valence-corrected chi connectivity index (χ4v) is 4.14. The van der Waals surface area contributed by atoms with Crippen molar-refractivity contribution < 1.29 is 28.2 Å². The van der Waals surface area contributed by atoms with Gasteiger partial charge in [-0.1, -0.05) is 17.3 Å². The van der Waals surface area contributed by atoms with E-state index in [-0.39, 0.29) is 24.3 Å². The van der Waals surface area contributed by atoms with E-state index < -0.39 is 29.5 Å². The van der Waals surface area contributed by atoms with Gasteiger partial charge in [-0.25, -0.2) is 13.9 Å². The molecular formula is C27H30FN5O5. The van der Waals surface area contributed by atoms with Crippen LogP contribution in [0.2, 0.25) is 0 Å². The highest BCUT2D eigenvalue weighted by atomic mass is 19.1. The van der Waals surface area contributed by atoms with Crippen LogP contribution in [-0.2, 0) is 19.1 Å². The average molecular weight is 524 g/mol. The van der Waals surface area contributed by atoms with E-state index in [9.17, 15) is 18.8 Å². The number of anilines is 1. The molecule has 0 bridgehead atoms. The third kappa shape index (κ3) is 6.53. The Morgan fingerprint density at radius 3 is 2.39 bits per heavy atom. The molecule has 0 spiro atoms. The molecule has 2 aromatic carbocycles. The number of halogens is 1. The Labute approximate surface area is 219 Å². The van der Waals surface area contributed by atoms with Gasteiger partial charge in [0.2, 0.25) is 5.91 Å². The van der Waals surface area contributed by atoms with Crippen molar-refractivity contribution in [1.29, 1.82) is 0 Å². The second kappa shape index (κ2) is 11.0. The van der Waals surface area contributed by atoms with Crippen LogP contribution in [0.5, 0.6) is 0 Å². The molecule has 10 nitrogen and oxygen atoms in total. The lowest BCUT2D eigenvalue weighted by Crippen LogP contribution is -2.46. The lowest BCUT2D eigenvalue weighted by Gasteiger charge is -2.29. The number of carbonyl (C=O) groups is 3. The van der Waals surface area contributed by atoms with E-state index in [1.54, 1.807) is 74.2 Å². The maximum atomic E-state index is 13.4. The predicted molar refractivity (Wildman–Crippen MR) is 136 cm³/mol. The summed E-state index contributed by atoms with van der Waals surface area (Å²) in [5, 5.41) is 10.4. The van der Waals surface area contributed by atoms with Crippen molar-refractivity contribution in [3.8, 4) is 5.69 Å². The molecule has 2 amide bonds. The first-order chi connectivity index (χ1) is 18.1. The summed E-state index contributed by atoms with van der Waals surface area (Å²) in [6, 6.07) is 12.5. The van der Waals surface area contributed by atoms with E-state index in [2.05, 4.69) is 15.6 Å². The van der Waals surface area contributed by atoms with E-state index in [0.717, 1.165) is 11.3 Å². The summed E-state index contributed by atoms with van der Waals surface area (Å²) >= 11 is 0. The summed E-state index contributed by atoms with van der Waals surface area (Å²) in [5.74, 6) is -3.15. The standard InChI is InChI=1S/C27H30FN5O5/c1-27(2,3)38-26(36)32(23-15-21(23)17-5-7-18(28)8-6-17)16-22(25(35)37-4)24(34)30-19-9-11-20(12-10-19)33-14-13-29-31-33/h5-14,21-23H,15-16H2,1-4H3,(H,30,34)/t21-,22?,23+/m0/s1. The number of nitrogens with zero attached hydrogens (tertiary/aromatic N) is 4. The number of methoxy groups -OCH3 is 1. The van der Waals surface area contributed by atoms with E-state index in [1.165, 1.54) is 24.1 Å². The molecule has 0 saturated heterocycles. The molecule has 1 unspecified atom stereocenters. The highest BCUT2D eigenvalue weighted by molar-refractivity contribution is 6.05. The summed E-state index contributed by atoms with van der Waals surface area (Å²) in [7, 11) is 1.19. The van der Waals surface area contributed by atoms with Gasteiger partial charge in [0.05, 0.1) is 25.2 Å². The topological polar surface area (TPSA) is 116 Å². The average Bonchev–Trinajstić information content (AvgIpc) is 3.45. The first-order valence-corrected chi connectivity index (χ1v) is 12.2. The van der Waals surface area contributed by atoms with Gasteiger partial charge in [0, 0.05) is 24.2 Å². The van der Waals surface area contributed by atoms with Crippen LogP contribution in [0.4, 0.5) is 14.9 Å². The van der Waals surface area contributed by atoms with Gasteiger partial charge >= 0.3 is 12.1 Å². The molecule has 3 aromatic rings. The number of hydrogen-bond acceptors (Lipinski definition) is 7. The summed E-state index contributed by atoms with van der Waals surface area (Å²) < 4.78 is 25.5. The molecule has 1 aliphatic rings. The van der Waals surface area contributed by atoms with Crippen LogP contribution in [0.3, 0.4) is 0 Å². The molecule has 11 heteroatoms. The van der Waals surface area contributed by atoms with Crippen LogP contribution in [-0.4, -0.2) is 63.2 Å². The molecule has 1 aliphatic carbocycles. The summed E-state index contributed by atoms with van der Waals surface area (Å²) in [4.78, 5) is 40.5. The Morgan fingerprint density at radius 1 is 1.13 bits per heavy atom. The first-order valence-electron chi connectivity index (χ1n) is 12.2. The number of ether oxygens (including phenoxy) is 2. The van der Waals surface area contributed by atoms with E-state index in [4.69, 9.17) is 9.47 Å². The monoisotopic (exact) mass is 523 g/mol. The normalized spacial score (nSPS) is 17.3. The Balaban J connectivity index is 1.52. The van der Waals surface area contributed by atoms with Crippen LogP contribution in [0.15, 0.2) is 60.9 Å². The second-order valence-corrected chi connectivity index (χ2v) is 10.1. The van der Waals surface area contributed by atoms with Crippen molar-refractivity contribution in [2.24, 2.45) is 5.92 Å². The summed E-state index contributed by atoms with van der Waals surface area (Å²) in [5.41, 5.74) is 1.26. The molecule has 0 radical (unpaired) electrons. The highest BCUT2D eigenvalue weighted by Crippen LogP contribution is 2.45. The Morgan fingerprint density at radius 2 is 1.82 bits per heavy atom. The number of carbonyl (C=O) groups excluding carboxylic acids is 3. The van der Waals surface area contributed by atoms with Gasteiger partial charge in [0.15, 0.2) is 5.92 Å². The number of esters is 1. The van der Waals surface area contributed by atoms with Gasteiger partial charge in [-0.2, -0.15) is 0 Å². The first kappa shape index (κ1) is 26.8. The molecule has 3 atom stereocenters. The van der Waals surface area contributed by atoms with Gasteiger partial charge in [-0.05, 0) is 69.2 Å². The van der Waals surface area contributed by atoms with Crippen molar-refractivity contribution >= 4 is 23.7 Å². The van der Waals surface area contributed by atoms with Crippen molar-refractivity contribution in [2.75, 3.05) is 19.0 Å². The number of aromatic nitrogens is 3. The second-order valence-electron chi connectivity index (χ2n) is 10.1. The van der Waals surface area contributed by atoms with Gasteiger partial charge in [-0.15, -0.1) is 5.10 Å². The zero-order valence-electron chi connectivity index (χ0n) is 21.6. The number of benzene rings is 2. The summed E-state index contributed by atoms with van der Waals surface area (Å²) in [6.07, 6.45) is 3.17. The minimum absolute atomic E-state index is 0.0752. The van der Waals surface area contributed by atoms with Crippen molar-refractivity contribution in [1.82, 2.24) is 19.9 Å². The molecule has 4 rings (SSSR count). The third-order valence-electron chi connectivity index (χ3n) is 6.09. The van der Waals surface area contributed by atoms with Crippen LogP contribution in [0, 0.1) is 11.7 Å². The van der Waals surface area contributed by atoms with Crippen LogP contribution >= 0.6 is 0 Å². The lowest BCUT2D eigenvalue weighted by atomic mass is 10.1. The zero-order chi connectivity index (χ0) is 27.4. The quantitative estimate of drug-likeness (QED) is 0.351. The molecule has 1 fully saturated rings. The SMILES string of the molecule is COC(=O)C(CN(C(=O)OC(C)(C)C)[C@@H]1C[C@H]1c1ccc(F)cc1)C(=O)Nc1ccc(-n2ccnn2)cc1. The fraction of sp³-hybridized carbons (Fsp3) is 0.370. The van der Waals surface area contributed by atoms with Gasteiger partial charge in [0.1, 0.15) is 11.4 Å². The molecular weight excluding hydrogens is 493 g/mol. The number of nitrogens with one attached hydrogen (secondary N) is 1. The highest BCUT2D eigenvalue weighted by Gasteiger charge is 2.48. The van der Waals surface area contributed by atoms with Crippen molar-refractivity contribution in [3.05, 3.63) is 72.3 Å². The third-order valence-corrected chi connectivity index (χ3v) is 6.09. The molecule has 1 N–H and O–H groups in total. The lowest BCUT2D eigenvalue weighted by molar-refractivity contribution is -0.149. The van der Waals surface area contributed by atoms with E-state index >= 15 is 0 Å². The number of amides is 2. The fourth-order valence-electron chi connectivity index (χ4n) is 4.14. The minimum atomic E-state index is -1.31. The largest absolute Gasteiger partial charge is 0.468 e. The minimum Gasteiger partial charge on any atom is -0.468 e. The van der Waals surface area contributed by atoms with Gasteiger partial charge in [0.25, 0.3) is 0 Å². The van der Waals surface area contributed by atoms with E-state index in [1.807, 2.05) is 0 Å². The molecule has 1 heterocycles. The molecule has 200 valence electrons. The van der Waals surface area contributed by atoms with Gasteiger partial charge in [-0.3, -0.25) is 9.59 Å². The van der Waals surface area contributed by atoms with Crippen LogP contribution in [0.25, 0.3) is 5.69 Å². The smallest absolute Gasteiger partial charge is 0.410 e. The van der Waals surface area contributed by atoms with Crippen molar-refractivity contribution in [3.63, 3.8) is 0 Å². The Bertz CT molecular complexity index is 1270. The molecule has 38 heavy (non-hydrogen) atoms. The van der Waals surface area contributed by atoms with Crippen LogP contribution in [0.1, 0.15) is 38.7 Å². The predicted octanol–water partition coefficient (Wildman–Crippen LogP) is 3.93. The maximum absolute atomic E-state index is 13.4. The van der Waals surface area contributed by atoms with E-state index in [0.29, 0.717) is 12.1 Å². The maximum Gasteiger partial charge on any atom is 0.410 e. The molecule has 1 aromatic heterocycles. The Hall–Kier alpha value is -4.28. The number of rotatable bonds is 8. The number of hydrogen-bond donors (Lipinski definition) is 1. The van der Waals surface area contributed by atoms with Gasteiger partial charge < -0.3 is 19.7 Å². The van der Waals surface area contributed by atoms with Crippen LogP contribution < -0.4 is 5.32 Å². The van der Waals surface area contributed by atoms with Crippen molar-refractivity contribution in [2.45, 2.75) is 44.8 Å². The summed E-state index contributed by atoms with van der Waals surface area (Å²) in [6.45, 7) is 4.97. The zero-order valence-corrected chi connectivity index (χ0v) is 21.6.